The van der Waals surface area contributed by atoms with Crippen molar-refractivity contribution in [3.8, 4) is 6.07 Å². The molecule has 1 aromatic carbocycles. The standard InChI is InChI=1S/C26H38N4O2/c1-23(2,17-27)18-29-19-24(30(22(29)31)20-25(32)11-8-12-25)13-15-26(16-14-24,28(3)4)21-9-6-5-7-10-21/h5-7,9-10,32H,8,11-16,18-20H2,1-4H3/t24-,26+. The second-order valence-electron chi connectivity index (χ2n) is 11.3. The topological polar surface area (TPSA) is 70.8 Å². The van der Waals surface area contributed by atoms with Gasteiger partial charge in [0.2, 0.25) is 0 Å². The Kier molecular flexibility index (Phi) is 5.80. The maximum Gasteiger partial charge on any atom is 0.320 e. The third-order valence-electron chi connectivity index (χ3n) is 8.36. The number of rotatable bonds is 6. The molecule has 2 amide bonds. The van der Waals surface area contributed by atoms with Gasteiger partial charge in [-0.1, -0.05) is 30.3 Å². The van der Waals surface area contributed by atoms with E-state index in [-0.39, 0.29) is 17.1 Å². The number of carbonyl (C=O) groups excluding carboxylic acids is 1. The summed E-state index contributed by atoms with van der Waals surface area (Å²) in [5.41, 5.74) is -0.336. The Labute approximate surface area is 192 Å². The molecule has 0 unspecified atom stereocenters. The molecular formula is C26H38N4O2. The van der Waals surface area contributed by atoms with Gasteiger partial charge in [0, 0.05) is 18.6 Å². The minimum atomic E-state index is -0.751. The van der Waals surface area contributed by atoms with Crippen LogP contribution >= 0.6 is 0 Å². The molecule has 3 aliphatic rings. The van der Waals surface area contributed by atoms with E-state index >= 15 is 0 Å². The van der Waals surface area contributed by atoms with E-state index in [1.54, 1.807) is 0 Å². The van der Waals surface area contributed by atoms with Gasteiger partial charge in [-0.25, -0.2) is 4.79 Å². The lowest BCUT2D eigenvalue weighted by atomic mass is 9.67. The zero-order valence-corrected chi connectivity index (χ0v) is 20.1. The minimum absolute atomic E-state index is 0.00860. The van der Waals surface area contributed by atoms with Crippen molar-refractivity contribution in [2.24, 2.45) is 5.41 Å². The summed E-state index contributed by atoms with van der Waals surface area (Å²) in [5.74, 6) is 0. The SMILES string of the molecule is CN(C)[C@]1(c2ccccc2)CC[C@]2(CC1)CN(CC(C)(C)C#N)C(=O)N2CC1(O)CCC1. The number of amides is 2. The van der Waals surface area contributed by atoms with Crippen LogP contribution in [0.3, 0.4) is 0 Å². The summed E-state index contributed by atoms with van der Waals surface area (Å²) in [4.78, 5) is 19.8. The van der Waals surface area contributed by atoms with Crippen molar-refractivity contribution in [1.82, 2.24) is 14.7 Å². The minimum Gasteiger partial charge on any atom is -0.388 e. The highest BCUT2D eigenvalue weighted by molar-refractivity contribution is 5.78. The van der Waals surface area contributed by atoms with Crippen LogP contribution in [-0.2, 0) is 5.54 Å². The van der Waals surface area contributed by atoms with Gasteiger partial charge in [0.1, 0.15) is 0 Å². The molecule has 1 N–H and O–H groups in total. The third-order valence-corrected chi connectivity index (χ3v) is 8.36. The number of nitrogens with zero attached hydrogens (tertiary/aromatic N) is 4. The molecule has 174 valence electrons. The molecule has 1 aliphatic heterocycles. The molecule has 0 atom stereocenters. The summed E-state index contributed by atoms with van der Waals surface area (Å²) in [6, 6.07) is 13.0. The molecule has 6 nitrogen and oxygen atoms in total. The second-order valence-corrected chi connectivity index (χ2v) is 11.3. The predicted octanol–water partition coefficient (Wildman–Crippen LogP) is 3.96. The molecule has 0 aromatic heterocycles. The average molecular weight is 439 g/mol. The number of benzene rings is 1. The van der Waals surface area contributed by atoms with Crippen LogP contribution in [0.1, 0.15) is 64.4 Å². The highest BCUT2D eigenvalue weighted by atomic mass is 16.3. The van der Waals surface area contributed by atoms with E-state index < -0.39 is 11.0 Å². The highest BCUT2D eigenvalue weighted by Gasteiger charge is 2.56. The highest BCUT2D eigenvalue weighted by Crippen LogP contribution is 2.50. The number of nitriles is 1. The summed E-state index contributed by atoms with van der Waals surface area (Å²) in [6.45, 7) is 5.27. The molecule has 4 rings (SSSR count). The van der Waals surface area contributed by atoms with Crippen LogP contribution in [0.25, 0.3) is 0 Å². The monoisotopic (exact) mass is 438 g/mol. The lowest BCUT2D eigenvalue weighted by Crippen LogP contribution is -2.59. The van der Waals surface area contributed by atoms with Gasteiger partial charge in [-0.05, 0) is 78.5 Å². The Morgan fingerprint density at radius 3 is 2.22 bits per heavy atom. The van der Waals surface area contributed by atoms with Crippen molar-refractivity contribution in [2.45, 2.75) is 75.5 Å². The first-order valence-electron chi connectivity index (χ1n) is 12.0. The van der Waals surface area contributed by atoms with E-state index in [0.29, 0.717) is 19.6 Å². The lowest BCUT2D eigenvalue weighted by Gasteiger charge is -2.52. The van der Waals surface area contributed by atoms with Crippen molar-refractivity contribution >= 4 is 6.03 Å². The largest absolute Gasteiger partial charge is 0.388 e. The first-order valence-corrected chi connectivity index (χ1v) is 12.0. The van der Waals surface area contributed by atoms with Crippen molar-refractivity contribution < 1.29 is 9.90 Å². The van der Waals surface area contributed by atoms with E-state index in [1.807, 2.05) is 23.6 Å². The molecule has 6 heteroatoms. The first kappa shape index (κ1) is 23.1. The molecule has 1 heterocycles. The van der Waals surface area contributed by atoms with Gasteiger partial charge in [0.05, 0.1) is 29.2 Å². The first-order chi connectivity index (χ1) is 15.0. The van der Waals surface area contributed by atoms with E-state index in [1.165, 1.54) is 5.56 Å². The van der Waals surface area contributed by atoms with Gasteiger partial charge in [-0.2, -0.15) is 5.26 Å². The number of carbonyl (C=O) groups is 1. The van der Waals surface area contributed by atoms with Crippen molar-refractivity contribution in [1.29, 1.82) is 5.26 Å². The molecule has 2 saturated carbocycles. The Hall–Kier alpha value is -2.10. The molecule has 2 aliphatic carbocycles. The molecule has 1 spiro atoms. The molecule has 1 aromatic rings. The van der Waals surface area contributed by atoms with Crippen LogP contribution in [-0.4, -0.2) is 70.7 Å². The zero-order chi connectivity index (χ0) is 23.2. The number of hydrogen-bond donors (Lipinski definition) is 1. The molecule has 1 saturated heterocycles. The van der Waals surface area contributed by atoms with Crippen LogP contribution in [0.15, 0.2) is 30.3 Å². The smallest absolute Gasteiger partial charge is 0.320 e. The molecule has 0 bridgehead atoms. The van der Waals surface area contributed by atoms with Crippen LogP contribution in [0, 0.1) is 16.7 Å². The summed E-state index contributed by atoms with van der Waals surface area (Å²) < 4.78 is 0. The fraction of sp³-hybridized carbons (Fsp3) is 0.692. The van der Waals surface area contributed by atoms with Gasteiger partial charge < -0.3 is 14.9 Å². The Morgan fingerprint density at radius 1 is 1.09 bits per heavy atom. The Morgan fingerprint density at radius 2 is 1.72 bits per heavy atom. The second kappa shape index (κ2) is 8.04. The number of hydrogen-bond acceptors (Lipinski definition) is 4. The predicted molar refractivity (Wildman–Crippen MR) is 125 cm³/mol. The van der Waals surface area contributed by atoms with Crippen LogP contribution < -0.4 is 0 Å². The van der Waals surface area contributed by atoms with E-state index in [0.717, 1.165) is 44.9 Å². The Bertz CT molecular complexity index is 877. The normalized spacial score (nSPS) is 30.0. The number of urea groups is 1. The summed E-state index contributed by atoms with van der Waals surface area (Å²) in [7, 11) is 4.31. The average Bonchev–Trinajstić information content (AvgIpc) is 2.98. The van der Waals surface area contributed by atoms with Gasteiger partial charge in [-0.15, -0.1) is 0 Å². The Balaban J connectivity index is 1.62. The molecule has 3 fully saturated rings. The van der Waals surface area contributed by atoms with Crippen LogP contribution in [0.4, 0.5) is 4.79 Å². The van der Waals surface area contributed by atoms with E-state index in [2.05, 4.69) is 55.4 Å². The third kappa shape index (κ3) is 3.91. The fourth-order valence-electron chi connectivity index (χ4n) is 6.09. The van der Waals surface area contributed by atoms with Crippen molar-refractivity contribution in [3.63, 3.8) is 0 Å². The van der Waals surface area contributed by atoms with E-state index in [9.17, 15) is 15.2 Å². The molecule has 32 heavy (non-hydrogen) atoms. The van der Waals surface area contributed by atoms with Gasteiger partial charge >= 0.3 is 6.03 Å². The van der Waals surface area contributed by atoms with Crippen molar-refractivity contribution in [2.75, 3.05) is 33.7 Å². The van der Waals surface area contributed by atoms with Gasteiger partial charge in [0.15, 0.2) is 0 Å². The van der Waals surface area contributed by atoms with Crippen molar-refractivity contribution in [3.05, 3.63) is 35.9 Å². The summed E-state index contributed by atoms with van der Waals surface area (Å²) in [5, 5.41) is 20.5. The van der Waals surface area contributed by atoms with Gasteiger partial charge in [0.25, 0.3) is 0 Å². The lowest BCUT2D eigenvalue weighted by molar-refractivity contribution is -0.0725. The maximum atomic E-state index is 13.6. The van der Waals surface area contributed by atoms with E-state index in [4.69, 9.17) is 0 Å². The number of β-amino-alcohol motifs (C(OH)–C–C–N with tert-alkyl or cyclic N) is 1. The molecular weight excluding hydrogens is 400 g/mol. The quantitative estimate of drug-likeness (QED) is 0.730. The summed E-state index contributed by atoms with van der Waals surface area (Å²) in [6.07, 6.45) is 6.26. The maximum absolute atomic E-state index is 13.6. The molecule has 0 radical (unpaired) electrons. The zero-order valence-electron chi connectivity index (χ0n) is 20.1. The number of aliphatic hydroxyl groups is 1. The summed E-state index contributed by atoms with van der Waals surface area (Å²) >= 11 is 0. The van der Waals surface area contributed by atoms with Crippen LogP contribution in [0.5, 0.6) is 0 Å². The van der Waals surface area contributed by atoms with Gasteiger partial charge in [-0.3, -0.25) is 4.90 Å². The van der Waals surface area contributed by atoms with Crippen LogP contribution in [0.2, 0.25) is 0 Å². The fourth-order valence-corrected chi connectivity index (χ4v) is 6.09.